The maximum atomic E-state index is 13.8. The van der Waals surface area contributed by atoms with Crippen molar-refractivity contribution in [3.8, 4) is 17.4 Å². The molecule has 4 amide bonds. The van der Waals surface area contributed by atoms with Gasteiger partial charge >= 0.3 is 17.8 Å². The van der Waals surface area contributed by atoms with Crippen molar-refractivity contribution in [1.29, 1.82) is 0 Å². The summed E-state index contributed by atoms with van der Waals surface area (Å²) >= 11 is 0. The fourth-order valence-corrected chi connectivity index (χ4v) is 5.33. The lowest BCUT2D eigenvalue weighted by Crippen LogP contribution is -2.34. The Hall–Kier alpha value is -4.99. The van der Waals surface area contributed by atoms with E-state index in [1.165, 1.54) is 7.11 Å². The van der Waals surface area contributed by atoms with Crippen LogP contribution in [0.25, 0.3) is 10.8 Å². The Kier molecular flexibility index (Phi) is 6.76. The zero-order valence-corrected chi connectivity index (χ0v) is 24.0. The first-order valence-electron chi connectivity index (χ1n) is 13.9. The molecular weight excluding hydrogens is 534 g/mol. The molecule has 10 nitrogen and oxygen atoms in total. The van der Waals surface area contributed by atoms with Crippen LogP contribution in [-0.2, 0) is 15.0 Å². The van der Waals surface area contributed by atoms with Gasteiger partial charge in [0.05, 0.1) is 18.5 Å². The van der Waals surface area contributed by atoms with E-state index in [0.717, 1.165) is 41.3 Å². The van der Waals surface area contributed by atoms with Crippen LogP contribution in [0.3, 0.4) is 0 Å². The smallest absolute Gasteiger partial charge is 0.343 e. The van der Waals surface area contributed by atoms with Gasteiger partial charge in [-0.05, 0) is 48.1 Å². The molecule has 0 radical (unpaired) electrons. The Morgan fingerprint density at radius 2 is 1.45 bits per heavy atom. The number of aromatic nitrogens is 2. The first kappa shape index (κ1) is 27.2. The van der Waals surface area contributed by atoms with E-state index < -0.39 is 17.8 Å². The molecule has 2 aliphatic rings. The first-order valence-corrected chi connectivity index (χ1v) is 13.9. The molecule has 0 N–H and O–H groups in total. The number of methoxy groups -OCH3 is 1. The highest BCUT2D eigenvalue weighted by molar-refractivity contribution is 6.60. The van der Waals surface area contributed by atoms with Gasteiger partial charge in [0.15, 0.2) is 0 Å². The quantitative estimate of drug-likeness (QED) is 0.213. The Bertz CT molecular complexity index is 1720. The van der Waals surface area contributed by atoms with Crippen molar-refractivity contribution in [2.45, 2.75) is 39.0 Å². The van der Waals surface area contributed by atoms with Crippen LogP contribution in [0.2, 0.25) is 0 Å². The summed E-state index contributed by atoms with van der Waals surface area (Å²) in [5, 5.41) is 1.21. The Balaban J connectivity index is 1.38. The van der Waals surface area contributed by atoms with Crippen molar-refractivity contribution < 1.29 is 23.9 Å². The number of rotatable bonds is 6. The van der Waals surface area contributed by atoms with Crippen molar-refractivity contribution in [2.24, 2.45) is 0 Å². The first-order chi connectivity index (χ1) is 20.2. The van der Waals surface area contributed by atoms with Crippen LogP contribution >= 0.6 is 0 Å². The topological polar surface area (TPSA) is 105 Å². The van der Waals surface area contributed by atoms with Gasteiger partial charge in [-0.25, -0.2) is 19.6 Å². The molecule has 0 spiro atoms. The van der Waals surface area contributed by atoms with Gasteiger partial charge in [0.25, 0.3) is 0 Å². The molecule has 2 saturated heterocycles. The predicted octanol–water partition coefficient (Wildman–Crippen LogP) is 5.83. The fourth-order valence-electron chi connectivity index (χ4n) is 5.33. The van der Waals surface area contributed by atoms with E-state index in [2.05, 4.69) is 14.9 Å². The largest absolute Gasteiger partial charge is 0.495 e. The summed E-state index contributed by atoms with van der Waals surface area (Å²) < 4.78 is 11.7. The average Bonchev–Trinajstić information content (AvgIpc) is 3.60. The number of benzene rings is 3. The van der Waals surface area contributed by atoms with E-state index in [9.17, 15) is 14.4 Å². The second kappa shape index (κ2) is 10.4. The minimum atomic E-state index is -0.954. The zero-order chi connectivity index (χ0) is 29.6. The molecule has 214 valence electrons. The highest BCUT2D eigenvalue weighted by Gasteiger charge is 2.48. The molecule has 0 atom stereocenters. The number of hydrogen-bond acceptors (Lipinski definition) is 8. The van der Waals surface area contributed by atoms with Gasteiger partial charge in [-0.1, -0.05) is 51.1 Å². The lowest BCUT2D eigenvalue weighted by molar-refractivity contribution is -0.133. The van der Waals surface area contributed by atoms with E-state index in [4.69, 9.17) is 9.47 Å². The summed E-state index contributed by atoms with van der Waals surface area (Å²) in [6.45, 7) is 7.87. The Labute approximate surface area is 243 Å². The summed E-state index contributed by atoms with van der Waals surface area (Å²) in [4.78, 5) is 53.4. The summed E-state index contributed by atoms with van der Waals surface area (Å²) in [5.74, 6) is -0.111. The summed E-state index contributed by atoms with van der Waals surface area (Å²) in [6.07, 6.45) is 3.86. The molecule has 10 heteroatoms. The number of imide groups is 2. The molecule has 0 unspecified atom stereocenters. The third-order valence-electron chi connectivity index (χ3n) is 7.58. The molecule has 4 aromatic rings. The van der Waals surface area contributed by atoms with Gasteiger partial charge in [-0.15, -0.1) is 0 Å². The van der Waals surface area contributed by atoms with Gasteiger partial charge in [0.2, 0.25) is 11.8 Å². The highest BCUT2D eigenvalue weighted by Crippen LogP contribution is 2.40. The Morgan fingerprint density at radius 1 is 0.786 bits per heavy atom. The normalized spacial score (nSPS) is 15.7. The molecule has 42 heavy (non-hydrogen) atoms. The van der Waals surface area contributed by atoms with Gasteiger partial charge in [-0.2, -0.15) is 4.98 Å². The highest BCUT2D eigenvalue weighted by atomic mass is 16.5. The lowest BCUT2D eigenvalue weighted by atomic mass is 9.86. The third kappa shape index (κ3) is 4.68. The Morgan fingerprint density at radius 3 is 2.14 bits per heavy atom. The van der Waals surface area contributed by atoms with Crippen LogP contribution in [0.5, 0.6) is 17.4 Å². The molecule has 2 fully saturated rings. The molecule has 3 heterocycles. The van der Waals surface area contributed by atoms with Crippen LogP contribution in [-0.4, -0.2) is 48.0 Å². The summed E-state index contributed by atoms with van der Waals surface area (Å²) in [6, 6.07) is 16.7. The van der Waals surface area contributed by atoms with Crippen molar-refractivity contribution in [3.63, 3.8) is 0 Å². The molecule has 2 aliphatic heterocycles. The summed E-state index contributed by atoms with van der Waals surface area (Å²) in [5.41, 5.74) is 1.11. The van der Waals surface area contributed by atoms with E-state index in [0.29, 0.717) is 34.1 Å². The zero-order valence-electron chi connectivity index (χ0n) is 24.0. The summed E-state index contributed by atoms with van der Waals surface area (Å²) in [7, 11) is 1.46. The van der Waals surface area contributed by atoms with Gasteiger partial charge < -0.3 is 14.4 Å². The van der Waals surface area contributed by atoms with Crippen LogP contribution in [0.15, 0.2) is 66.9 Å². The number of carbonyl (C=O) groups excluding carboxylic acids is 3. The third-order valence-corrected chi connectivity index (χ3v) is 7.58. The maximum Gasteiger partial charge on any atom is 0.343 e. The van der Waals surface area contributed by atoms with Gasteiger partial charge in [0.1, 0.15) is 11.5 Å². The minimum absolute atomic E-state index is 0.220. The van der Waals surface area contributed by atoms with E-state index in [-0.39, 0.29) is 16.8 Å². The lowest BCUT2D eigenvalue weighted by Gasteiger charge is -2.24. The average molecular weight is 566 g/mol. The number of ether oxygens (including phenoxy) is 2. The van der Waals surface area contributed by atoms with Crippen molar-refractivity contribution in [1.82, 2.24) is 9.97 Å². The number of anilines is 3. The fraction of sp³-hybridized carbons (Fsp3) is 0.281. The number of amides is 4. The molecule has 0 saturated carbocycles. The maximum absolute atomic E-state index is 13.8. The van der Waals surface area contributed by atoms with Crippen LogP contribution in [0.4, 0.5) is 22.1 Å². The van der Waals surface area contributed by atoms with Crippen molar-refractivity contribution >= 4 is 45.9 Å². The van der Waals surface area contributed by atoms with Crippen LogP contribution in [0, 0.1) is 0 Å². The molecule has 6 rings (SSSR count). The van der Waals surface area contributed by atoms with E-state index in [1.807, 2.05) is 39.0 Å². The predicted molar refractivity (Wildman–Crippen MR) is 160 cm³/mol. The molecule has 3 aromatic carbocycles. The number of urea groups is 1. The van der Waals surface area contributed by atoms with Gasteiger partial charge in [-0.3, -0.25) is 9.59 Å². The van der Waals surface area contributed by atoms with E-state index in [1.54, 1.807) is 48.7 Å². The second-order valence-corrected chi connectivity index (χ2v) is 11.3. The SMILES string of the molecule is COc1ccc(C(C)(C)C)cc1N1C(=O)C(=O)N(c2ccc(Oc3ccnc(N4CCCC4)n3)c3ccccc23)C1=O. The molecule has 0 aliphatic carbocycles. The van der Waals surface area contributed by atoms with Crippen LogP contribution in [0.1, 0.15) is 39.2 Å². The number of nitrogens with zero attached hydrogens (tertiary/aromatic N) is 5. The standard InChI is InChI=1S/C32H31N5O5/c1-32(2,3)20-11-13-26(41-4)24(19-20)37-29(39)28(38)36(31(37)40)23-12-14-25(22-10-6-5-9-21(22)23)42-27-15-16-33-30(34-27)35-17-7-8-18-35/h5-6,9-16,19H,7-8,17-18H2,1-4H3. The molecule has 0 bridgehead atoms. The van der Waals surface area contributed by atoms with Crippen LogP contribution < -0.4 is 24.2 Å². The minimum Gasteiger partial charge on any atom is -0.495 e. The number of carbonyl (C=O) groups is 3. The monoisotopic (exact) mass is 565 g/mol. The number of hydrogen-bond donors (Lipinski definition) is 0. The van der Waals surface area contributed by atoms with Gasteiger partial charge in [0, 0.05) is 36.1 Å². The van der Waals surface area contributed by atoms with Crippen molar-refractivity contribution in [2.75, 3.05) is 34.9 Å². The van der Waals surface area contributed by atoms with Crippen molar-refractivity contribution in [3.05, 3.63) is 72.4 Å². The number of fused-ring (bicyclic) bond motifs is 1. The second-order valence-electron chi connectivity index (χ2n) is 11.3. The van der Waals surface area contributed by atoms with E-state index >= 15 is 0 Å². The molecular formula is C32H31N5O5. The molecule has 1 aromatic heterocycles.